The van der Waals surface area contributed by atoms with Gasteiger partial charge in [0.1, 0.15) is 23.8 Å². The third-order valence-corrected chi connectivity index (χ3v) is 6.67. The van der Waals surface area contributed by atoms with Crippen molar-refractivity contribution in [1.82, 2.24) is 24.1 Å². The summed E-state index contributed by atoms with van der Waals surface area (Å²) >= 11 is 0. The lowest BCUT2D eigenvalue weighted by Crippen LogP contribution is -2.22. The summed E-state index contributed by atoms with van der Waals surface area (Å²) < 4.78 is 49.0. The second-order valence-corrected chi connectivity index (χ2v) is 14.4. The predicted octanol–water partition coefficient (Wildman–Crippen LogP) is 5.59. The van der Waals surface area contributed by atoms with Crippen molar-refractivity contribution in [3.8, 4) is 22.5 Å². The molecule has 4 aromatic heterocycles. The fraction of sp³-hybridized carbons (Fsp3) is 0.318. The van der Waals surface area contributed by atoms with Crippen LogP contribution < -0.4 is 0 Å². The van der Waals surface area contributed by atoms with Crippen molar-refractivity contribution in [2.24, 2.45) is 0 Å². The molecule has 0 aliphatic carbocycles. The Hall–Kier alpha value is -2.98. The number of aromatic nitrogens is 5. The van der Waals surface area contributed by atoms with E-state index in [0.29, 0.717) is 17.9 Å². The summed E-state index contributed by atoms with van der Waals surface area (Å²) in [7, 11) is -1.23. The Balaban J connectivity index is 1.71. The number of ether oxygens (including phenoxy) is 1. The molecule has 4 heterocycles. The molecule has 0 aliphatic heterocycles. The van der Waals surface area contributed by atoms with Gasteiger partial charge in [0.15, 0.2) is 0 Å². The highest BCUT2D eigenvalue weighted by atomic mass is 28.3. The number of rotatable bonds is 7. The molecule has 0 unspecified atom stereocenters. The highest BCUT2D eigenvalue weighted by molar-refractivity contribution is 6.76. The number of nitrogens with zero attached hydrogens (tertiary/aromatic N) is 5. The lowest BCUT2D eigenvalue weighted by Gasteiger charge is -2.15. The van der Waals surface area contributed by atoms with Crippen LogP contribution in [-0.4, -0.2) is 38.8 Å². The van der Waals surface area contributed by atoms with Gasteiger partial charge in [-0.2, -0.15) is 18.3 Å². The zero-order valence-electron chi connectivity index (χ0n) is 18.1. The Kier molecular flexibility index (Phi) is 5.91. The van der Waals surface area contributed by atoms with E-state index in [-0.39, 0.29) is 12.4 Å². The summed E-state index contributed by atoms with van der Waals surface area (Å²) in [5.41, 5.74) is 1.80. The standard InChI is InChI=1S/C22H24F3N5OSi/c1-32(2,3)12-11-31-15-30-14-17(16-7-8-20-26-9-10-29(20)13-16)21(28-30)18-5-4-6-19(27-18)22(23,24)25/h4-10,13-14H,11-12,15H2,1-3H3. The third kappa shape index (κ3) is 5.08. The van der Waals surface area contributed by atoms with Crippen LogP contribution >= 0.6 is 0 Å². The van der Waals surface area contributed by atoms with Crippen molar-refractivity contribution in [3.05, 3.63) is 60.8 Å². The largest absolute Gasteiger partial charge is 0.433 e. The first kappa shape index (κ1) is 22.2. The van der Waals surface area contributed by atoms with E-state index in [0.717, 1.165) is 23.3 Å². The summed E-state index contributed by atoms with van der Waals surface area (Å²) in [5, 5.41) is 4.53. The van der Waals surface area contributed by atoms with Gasteiger partial charge < -0.3 is 9.14 Å². The zero-order chi connectivity index (χ0) is 22.9. The molecule has 0 saturated heterocycles. The molecular formula is C22H24F3N5OSi. The SMILES string of the molecule is C[Si](C)(C)CCOCn1cc(-c2ccc3nccn3c2)c(-c2cccc(C(F)(F)F)n2)n1. The smallest absolute Gasteiger partial charge is 0.360 e. The molecule has 32 heavy (non-hydrogen) atoms. The van der Waals surface area contributed by atoms with Gasteiger partial charge in [0.05, 0.1) is 5.69 Å². The highest BCUT2D eigenvalue weighted by Gasteiger charge is 2.33. The highest BCUT2D eigenvalue weighted by Crippen LogP contribution is 2.33. The Bertz CT molecular complexity index is 1230. The molecular weight excluding hydrogens is 435 g/mol. The van der Waals surface area contributed by atoms with Crippen LogP contribution in [0.25, 0.3) is 28.2 Å². The molecule has 0 saturated carbocycles. The van der Waals surface area contributed by atoms with Crippen molar-refractivity contribution in [3.63, 3.8) is 0 Å². The maximum absolute atomic E-state index is 13.2. The van der Waals surface area contributed by atoms with Crippen LogP contribution in [0.2, 0.25) is 25.7 Å². The molecule has 0 spiro atoms. The van der Waals surface area contributed by atoms with E-state index >= 15 is 0 Å². The molecule has 0 fully saturated rings. The number of hydrogen-bond donors (Lipinski definition) is 0. The van der Waals surface area contributed by atoms with Crippen LogP contribution in [-0.2, 0) is 17.6 Å². The van der Waals surface area contributed by atoms with E-state index in [1.54, 1.807) is 17.1 Å². The lowest BCUT2D eigenvalue weighted by molar-refractivity contribution is -0.141. The molecule has 0 atom stereocenters. The van der Waals surface area contributed by atoms with Crippen molar-refractivity contribution in [2.45, 2.75) is 38.6 Å². The summed E-state index contributed by atoms with van der Waals surface area (Å²) in [6.07, 6.45) is 2.61. The van der Waals surface area contributed by atoms with E-state index in [1.165, 1.54) is 12.1 Å². The Morgan fingerprint density at radius 2 is 1.88 bits per heavy atom. The summed E-state index contributed by atoms with van der Waals surface area (Å²) in [6.45, 7) is 7.64. The quantitative estimate of drug-likeness (QED) is 0.267. The fourth-order valence-corrected chi connectivity index (χ4v) is 3.98. The second kappa shape index (κ2) is 8.51. The number of imidazole rings is 1. The van der Waals surface area contributed by atoms with Gasteiger partial charge in [-0.1, -0.05) is 25.7 Å². The number of alkyl halides is 3. The number of fused-ring (bicyclic) bond motifs is 1. The monoisotopic (exact) mass is 459 g/mol. The average Bonchev–Trinajstić information content (AvgIpc) is 3.36. The van der Waals surface area contributed by atoms with Gasteiger partial charge in [0.2, 0.25) is 0 Å². The van der Waals surface area contributed by atoms with Crippen LogP contribution in [0.15, 0.2) is 55.1 Å². The van der Waals surface area contributed by atoms with Crippen molar-refractivity contribution >= 4 is 13.7 Å². The molecule has 0 radical (unpaired) electrons. The van der Waals surface area contributed by atoms with Gasteiger partial charge in [0, 0.05) is 50.6 Å². The predicted molar refractivity (Wildman–Crippen MR) is 119 cm³/mol. The maximum Gasteiger partial charge on any atom is 0.433 e. The van der Waals surface area contributed by atoms with E-state index in [2.05, 4.69) is 34.7 Å². The van der Waals surface area contributed by atoms with Gasteiger partial charge in [-0.05, 0) is 30.3 Å². The van der Waals surface area contributed by atoms with Crippen LogP contribution in [0.4, 0.5) is 13.2 Å². The molecule has 0 aliphatic rings. The van der Waals surface area contributed by atoms with Gasteiger partial charge in [-0.25, -0.2) is 14.6 Å². The lowest BCUT2D eigenvalue weighted by atomic mass is 10.1. The Morgan fingerprint density at radius 1 is 1.06 bits per heavy atom. The van der Waals surface area contributed by atoms with Crippen molar-refractivity contribution in [2.75, 3.05) is 6.61 Å². The van der Waals surface area contributed by atoms with Crippen molar-refractivity contribution in [1.29, 1.82) is 0 Å². The Morgan fingerprint density at radius 3 is 2.62 bits per heavy atom. The summed E-state index contributed by atoms with van der Waals surface area (Å²) in [5.74, 6) is 0. The van der Waals surface area contributed by atoms with E-state index in [9.17, 15) is 13.2 Å². The average molecular weight is 460 g/mol. The third-order valence-electron chi connectivity index (χ3n) is 4.96. The van der Waals surface area contributed by atoms with Gasteiger partial charge in [0.25, 0.3) is 0 Å². The second-order valence-electron chi connectivity index (χ2n) is 8.80. The van der Waals surface area contributed by atoms with Gasteiger partial charge >= 0.3 is 6.18 Å². The minimum Gasteiger partial charge on any atom is -0.360 e. The normalized spacial score (nSPS) is 12.6. The van der Waals surface area contributed by atoms with E-state index in [1.807, 2.05) is 28.9 Å². The first-order chi connectivity index (χ1) is 15.1. The van der Waals surface area contributed by atoms with Gasteiger partial charge in [-0.15, -0.1) is 0 Å². The number of pyridine rings is 2. The molecule has 0 N–H and O–H groups in total. The van der Waals surface area contributed by atoms with Crippen LogP contribution in [0.5, 0.6) is 0 Å². The summed E-state index contributed by atoms with van der Waals surface area (Å²) in [6, 6.07) is 8.57. The first-order valence-corrected chi connectivity index (χ1v) is 13.9. The molecule has 6 nitrogen and oxygen atoms in total. The number of hydrogen-bond acceptors (Lipinski definition) is 4. The molecule has 0 amide bonds. The van der Waals surface area contributed by atoms with E-state index < -0.39 is 19.9 Å². The minimum absolute atomic E-state index is 0.154. The van der Waals surface area contributed by atoms with Gasteiger partial charge in [-0.3, -0.25) is 0 Å². The maximum atomic E-state index is 13.2. The molecule has 4 rings (SSSR count). The molecule has 10 heteroatoms. The van der Waals surface area contributed by atoms with Crippen LogP contribution in [0, 0.1) is 0 Å². The molecule has 4 aromatic rings. The Labute approximate surface area is 184 Å². The van der Waals surface area contributed by atoms with Crippen LogP contribution in [0.3, 0.4) is 0 Å². The summed E-state index contributed by atoms with van der Waals surface area (Å²) in [4.78, 5) is 8.08. The molecule has 0 bridgehead atoms. The van der Waals surface area contributed by atoms with Crippen LogP contribution in [0.1, 0.15) is 5.69 Å². The molecule has 168 valence electrons. The molecule has 0 aromatic carbocycles. The first-order valence-electron chi connectivity index (χ1n) is 10.2. The fourth-order valence-electron chi connectivity index (χ4n) is 3.23. The number of halogens is 3. The zero-order valence-corrected chi connectivity index (χ0v) is 19.1. The van der Waals surface area contributed by atoms with Crippen molar-refractivity contribution < 1.29 is 17.9 Å². The topological polar surface area (TPSA) is 57.2 Å². The minimum atomic E-state index is -4.53. The van der Waals surface area contributed by atoms with E-state index in [4.69, 9.17) is 4.74 Å².